The minimum absolute atomic E-state index is 0.112. The Balaban J connectivity index is 1.76. The van der Waals surface area contributed by atoms with Crippen molar-refractivity contribution in [3.05, 3.63) is 94.0 Å². The lowest BCUT2D eigenvalue weighted by molar-refractivity contribution is -0.115. The molecule has 3 rings (SSSR count). The van der Waals surface area contributed by atoms with E-state index in [2.05, 4.69) is 26.0 Å². The Bertz CT molecular complexity index is 1190. The molecule has 154 valence electrons. The first-order chi connectivity index (χ1) is 14.3. The summed E-state index contributed by atoms with van der Waals surface area (Å²) in [6.45, 7) is 1.21. The maximum absolute atomic E-state index is 12.9. The number of anilines is 1. The molecule has 0 aromatic heterocycles. The smallest absolute Gasteiger partial charge is 0.241 e. The van der Waals surface area contributed by atoms with Crippen molar-refractivity contribution in [2.45, 2.75) is 11.8 Å². The second kappa shape index (κ2) is 9.34. The first-order valence-corrected chi connectivity index (χ1v) is 11.3. The molecular formula is C22H19BrN2O4S. The topological polar surface area (TPSA) is 92.3 Å². The third kappa shape index (κ3) is 5.21. The average molecular weight is 487 g/mol. The van der Waals surface area contributed by atoms with Crippen molar-refractivity contribution in [1.29, 1.82) is 0 Å². The molecule has 0 saturated carbocycles. The van der Waals surface area contributed by atoms with Crippen LogP contribution in [0, 0.1) is 6.92 Å². The van der Waals surface area contributed by atoms with E-state index in [9.17, 15) is 18.0 Å². The number of ketones is 1. The maximum Gasteiger partial charge on any atom is 0.241 e. The molecular weight excluding hydrogens is 468 g/mol. The minimum atomic E-state index is -3.84. The summed E-state index contributed by atoms with van der Waals surface area (Å²) in [4.78, 5) is 25.4. The Labute approximate surface area is 183 Å². The minimum Gasteiger partial charge on any atom is -0.324 e. The van der Waals surface area contributed by atoms with Crippen molar-refractivity contribution in [1.82, 2.24) is 4.72 Å². The van der Waals surface area contributed by atoms with Crippen LogP contribution in [0.15, 0.2) is 82.2 Å². The lowest BCUT2D eigenvalue weighted by Gasteiger charge is -2.12. The molecule has 0 bridgehead atoms. The zero-order chi connectivity index (χ0) is 21.7. The molecule has 0 aliphatic heterocycles. The van der Waals surface area contributed by atoms with E-state index in [-0.39, 0.29) is 10.7 Å². The molecule has 1 amide bonds. The second-order valence-electron chi connectivity index (χ2n) is 6.52. The molecule has 0 radical (unpaired) electrons. The van der Waals surface area contributed by atoms with Crippen LogP contribution in [0.2, 0.25) is 0 Å². The van der Waals surface area contributed by atoms with E-state index in [0.717, 1.165) is 0 Å². The van der Waals surface area contributed by atoms with Crippen molar-refractivity contribution < 1.29 is 18.0 Å². The highest BCUT2D eigenvalue weighted by molar-refractivity contribution is 9.10. The van der Waals surface area contributed by atoms with Crippen LogP contribution in [0.25, 0.3) is 0 Å². The number of benzene rings is 3. The molecule has 0 aliphatic carbocycles. The molecule has 8 heteroatoms. The fourth-order valence-corrected chi connectivity index (χ4v) is 4.44. The SMILES string of the molecule is Cc1ccccc1S(=O)(=O)NCC(=O)Nc1ccc(Br)cc1C(=O)c1ccccc1. The average Bonchev–Trinajstić information content (AvgIpc) is 2.74. The van der Waals surface area contributed by atoms with Gasteiger partial charge in [0.2, 0.25) is 15.9 Å². The van der Waals surface area contributed by atoms with Crippen LogP contribution in [0.5, 0.6) is 0 Å². The van der Waals surface area contributed by atoms with E-state index in [1.165, 1.54) is 6.07 Å². The highest BCUT2D eigenvalue weighted by Gasteiger charge is 2.19. The summed E-state index contributed by atoms with van der Waals surface area (Å²) in [6, 6.07) is 20.1. The van der Waals surface area contributed by atoms with Gasteiger partial charge in [0, 0.05) is 15.6 Å². The number of amides is 1. The normalized spacial score (nSPS) is 11.1. The molecule has 0 spiro atoms. The fraction of sp³-hybridized carbons (Fsp3) is 0.0909. The Morgan fingerprint density at radius 2 is 1.60 bits per heavy atom. The van der Waals surface area contributed by atoms with Crippen LogP contribution in [0.3, 0.4) is 0 Å². The van der Waals surface area contributed by atoms with Gasteiger partial charge >= 0.3 is 0 Å². The largest absolute Gasteiger partial charge is 0.324 e. The molecule has 0 fully saturated rings. The number of sulfonamides is 1. The molecule has 0 heterocycles. The molecule has 2 N–H and O–H groups in total. The van der Waals surface area contributed by atoms with Crippen molar-refractivity contribution >= 4 is 43.3 Å². The first kappa shape index (κ1) is 21.9. The van der Waals surface area contributed by atoms with Crippen molar-refractivity contribution in [3.63, 3.8) is 0 Å². The van der Waals surface area contributed by atoms with Crippen molar-refractivity contribution in [2.75, 3.05) is 11.9 Å². The van der Waals surface area contributed by atoms with Crippen molar-refractivity contribution in [3.8, 4) is 0 Å². The number of aryl methyl sites for hydroxylation is 1. The standard InChI is InChI=1S/C22H19BrN2O4S/c1-15-7-5-6-10-20(15)30(28,29)24-14-21(26)25-19-12-11-17(23)13-18(19)22(27)16-8-3-2-4-9-16/h2-13,24H,14H2,1H3,(H,25,26). The lowest BCUT2D eigenvalue weighted by atomic mass is 10.0. The van der Waals surface area contributed by atoms with Gasteiger partial charge in [-0.3, -0.25) is 9.59 Å². The number of rotatable bonds is 7. The third-order valence-electron chi connectivity index (χ3n) is 4.34. The summed E-state index contributed by atoms with van der Waals surface area (Å²) in [5, 5.41) is 2.62. The van der Waals surface area contributed by atoms with E-state index in [1.807, 2.05) is 0 Å². The van der Waals surface area contributed by atoms with Gasteiger partial charge in [0.15, 0.2) is 5.78 Å². The van der Waals surface area contributed by atoms with Crippen LogP contribution in [-0.2, 0) is 14.8 Å². The second-order valence-corrected chi connectivity index (χ2v) is 9.17. The predicted molar refractivity (Wildman–Crippen MR) is 119 cm³/mol. The maximum atomic E-state index is 12.9. The highest BCUT2D eigenvalue weighted by Crippen LogP contribution is 2.24. The van der Waals surface area contributed by atoms with Gasteiger partial charge in [-0.15, -0.1) is 0 Å². The molecule has 0 atom stereocenters. The monoisotopic (exact) mass is 486 g/mol. The number of carbonyl (C=O) groups is 2. The summed E-state index contributed by atoms with van der Waals surface area (Å²) >= 11 is 3.34. The van der Waals surface area contributed by atoms with E-state index in [4.69, 9.17) is 0 Å². The number of carbonyl (C=O) groups excluding carboxylic acids is 2. The lowest BCUT2D eigenvalue weighted by Crippen LogP contribution is -2.33. The predicted octanol–water partition coefficient (Wildman–Crippen LogP) is 3.91. The summed E-state index contributed by atoms with van der Waals surface area (Å²) in [7, 11) is -3.84. The van der Waals surface area contributed by atoms with Crippen LogP contribution in [0.1, 0.15) is 21.5 Å². The van der Waals surface area contributed by atoms with Gasteiger partial charge in [-0.1, -0.05) is 64.5 Å². The van der Waals surface area contributed by atoms with Gasteiger partial charge < -0.3 is 5.32 Å². The Hall–Kier alpha value is -2.81. The quantitative estimate of drug-likeness (QED) is 0.495. The summed E-state index contributed by atoms with van der Waals surface area (Å²) in [5.41, 5.74) is 1.65. The molecule has 0 aliphatic rings. The number of nitrogens with one attached hydrogen (secondary N) is 2. The molecule has 3 aromatic rings. The Morgan fingerprint density at radius 3 is 2.30 bits per heavy atom. The van der Waals surface area contributed by atoms with Gasteiger partial charge in [-0.25, -0.2) is 13.1 Å². The van der Waals surface area contributed by atoms with Gasteiger partial charge in [0.25, 0.3) is 0 Å². The highest BCUT2D eigenvalue weighted by atomic mass is 79.9. The van der Waals surface area contributed by atoms with Crippen LogP contribution < -0.4 is 10.0 Å². The third-order valence-corrected chi connectivity index (χ3v) is 6.40. The Morgan fingerprint density at radius 1 is 0.933 bits per heavy atom. The molecule has 0 saturated heterocycles. The van der Waals surface area contributed by atoms with Gasteiger partial charge in [-0.2, -0.15) is 0 Å². The summed E-state index contributed by atoms with van der Waals surface area (Å²) < 4.78 is 27.9. The van der Waals surface area contributed by atoms with Crippen LogP contribution in [0.4, 0.5) is 5.69 Å². The molecule has 3 aromatic carbocycles. The summed E-state index contributed by atoms with van der Waals surface area (Å²) in [6.07, 6.45) is 0. The summed E-state index contributed by atoms with van der Waals surface area (Å²) in [5.74, 6) is -0.843. The molecule has 0 unspecified atom stereocenters. The number of halogens is 1. The van der Waals surface area contributed by atoms with Crippen LogP contribution in [-0.4, -0.2) is 26.7 Å². The van der Waals surface area contributed by atoms with Crippen LogP contribution >= 0.6 is 15.9 Å². The van der Waals surface area contributed by atoms with E-state index >= 15 is 0 Å². The van der Waals surface area contributed by atoms with E-state index in [1.54, 1.807) is 73.7 Å². The first-order valence-electron chi connectivity index (χ1n) is 9.02. The van der Waals surface area contributed by atoms with Gasteiger partial charge in [-0.05, 0) is 36.8 Å². The van der Waals surface area contributed by atoms with E-state index < -0.39 is 22.5 Å². The molecule has 6 nitrogen and oxygen atoms in total. The Kier molecular flexibility index (Phi) is 6.81. The fourth-order valence-electron chi connectivity index (χ4n) is 2.85. The van der Waals surface area contributed by atoms with Gasteiger partial charge in [0.1, 0.15) is 0 Å². The van der Waals surface area contributed by atoms with E-state index in [0.29, 0.717) is 26.9 Å². The van der Waals surface area contributed by atoms with Crippen molar-refractivity contribution in [2.24, 2.45) is 0 Å². The molecule has 30 heavy (non-hydrogen) atoms. The van der Waals surface area contributed by atoms with Gasteiger partial charge in [0.05, 0.1) is 17.1 Å². The zero-order valence-corrected chi connectivity index (χ0v) is 18.5. The number of hydrogen-bond acceptors (Lipinski definition) is 4. The number of hydrogen-bond donors (Lipinski definition) is 2. The zero-order valence-electron chi connectivity index (χ0n) is 16.1.